The number of aryl methyl sites for hydroxylation is 1. The van der Waals surface area contributed by atoms with E-state index in [4.69, 9.17) is 5.26 Å². The second-order valence-electron chi connectivity index (χ2n) is 3.17. The Labute approximate surface area is 84.9 Å². The van der Waals surface area contributed by atoms with Crippen molar-refractivity contribution in [1.82, 2.24) is 5.32 Å². The van der Waals surface area contributed by atoms with Gasteiger partial charge in [0, 0.05) is 13.1 Å². The third kappa shape index (κ3) is 2.72. The fraction of sp³-hybridized carbons (Fsp3) is 0.250. The monoisotopic (exact) mass is 186 g/mol. The van der Waals surface area contributed by atoms with E-state index in [0.717, 1.165) is 24.2 Å². The second kappa shape index (κ2) is 5.21. The van der Waals surface area contributed by atoms with Crippen molar-refractivity contribution in [3.8, 4) is 6.07 Å². The second-order valence-corrected chi connectivity index (χ2v) is 3.17. The van der Waals surface area contributed by atoms with E-state index >= 15 is 0 Å². The first-order valence-corrected chi connectivity index (χ1v) is 4.59. The van der Waals surface area contributed by atoms with E-state index < -0.39 is 0 Å². The highest BCUT2D eigenvalue weighted by Crippen LogP contribution is 2.09. The molecule has 0 radical (unpaired) electrons. The molecular formula is C12H14N2. The fourth-order valence-corrected chi connectivity index (χ4v) is 1.27. The standard InChI is InChI=1S/C12H14N2/c1-3-6-14-9-12-5-4-11(8-13)7-10(12)2/h3-5,7,14H,1,6,9H2,2H3. The van der Waals surface area contributed by atoms with Gasteiger partial charge in [-0.1, -0.05) is 12.1 Å². The number of hydrogen-bond donors (Lipinski definition) is 1. The number of nitrogens with zero attached hydrogens (tertiary/aromatic N) is 1. The number of hydrogen-bond acceptors (Lipinski definition) is 2. The van der Waals surface area contributed by atoms with Gasteiger partial charge in [0.1, 0.15) is 0 Å². The molecular weight excluding hydrogens is 172 g/mol. The molecule has 0 aromatic heterocycles. The maximum absolute atomic E-state index is 8.69. The summed E-state index contributed by atoms with van der Waals surface area (Å²) in [5, 5.41) is 11.9. The molecule has 2 heteroatoms. The van der Waals surface area contributed by atoms with Crippen molar-refractivity contribution in [1.29, 1.82) is 5.26 Å². The number of nitriles is 1. The van der Waals surface area contributed by atoms with Crippen molar-refractivity contribution in [2.45, 2.75) is 13.5 Å². The zero-order valence-corrected chi connectivity index (χ0v) is 8.38. The third-order valence-electron chi connectivity index (χ3n) is 2.08. The maximum atomic E-state index is 8.69. The molecule has 0 unspecified atom stereocenters. The van der Waals surface area contributed by atoms with Crippen LogP contribution in [0.1, 0.15) is 16.7 Å². The summed E-state index contributed by atoms with van der Waals surface area (Å²) in [6.07, 6.45) is 1.83. The first-order valence-electron chi connectivity index (χ1n) is 4.59. The minimum absolute atomic E-state index is 0.718. The van der Waals surface area contributed by atoms with Crippen LogP contribution in [0.3, 0.4) is 0 Å². The lowest BCUT2D eigenvalue weighted by atomic mass is 10.1. The lowest BCUT2D eigenvalue weighted by Gasteiger charge is -2.06. The predicted octanol–water partition coefficient (Wildman–Crippen LogP) is 2.14. The van der Waals surface area contributed by atoms with Gasteiger partial charge in [0.25, 0.3) is 0 Å². The smallest absolute Gasteiger partial charge is 0.0991 e. The van der Waals surface area contributed by atoms with Crippen molar-refractivity contribution >= 4 is 0 Å². The normalized spacial score (nSPS) is 9.43. The molecule has 0 aliphatic rings. The molecule has 0 atom stereocenters. The lowest BCUT2D eigenvalue weighted by Crippen LogP contribution is -2.13. The van der Waals surface area contributed by atoms with E-state index in [1.54, 1.807) is 0 Å². The van der Waals surface area contributed by atoms with Crippen molar-refractivity contribution in [3.63, 3.8) is 0 Å². The zero-order valence-electron chi connectivity index (χ0n) is 8.38. The highest BCUT2D eigenvalue weighted by Gasteiger charge is 1.98. The van der Waals surface area contributed by atoms with E-state index in [1.807, 2.05) is 31.2 Å². The van der Waals surface area contributed by atoms with E-state index in [1.165, 1.54) is 5.56 Å². The summed E-state index contributed by atoms with van der Waals surface area (Å²) in [4.78, 5) is 0. The average molecular weight is 186 g/mol. The van der Waals surface area contributed by atoms with Gasteiger partial charge in [-0.2, -0.15) is 5.26 Å². The molecule has 1 rings (SSSR count). The fourth-order valence-electron chi connectivity index (χ4n) is 1.27. The molecule has 0 saturated heterocycles. The topological polar surface area (TPSA) is 35.8 Å². The van der Waals surface area contributed by atoms with Gasteiger partial charge in [0.15, 0.2) is 0 Å². The van der Waals surface area contributed by atoms with Gasteiger partial charge in [-0.05, 0) is 30.2 Å². The van der Waals surface area contributed by atoms with Gasteiger partial charge in [-0.25, -0.2) is 0 Å². The third-order valence-corrected chi connectivity index (χ3v) is 2.08. The van der Waals surface area contributed by atoms with Gasteiger partial charge >= 0.3 is 0 Å². The first-order chi connectivity index (χ1) is 6.77. The van der Waals surface area contributed by atoms with Gasteiger partial charge in [0.2, 0.25) is 0 Å². The molecule has 14 heavy (non-hydrogen) atoms. The average Bonchev–Trinajstić information content (AvgIpc) is 2.20. The molecule has 1 aromatic carbocycles. The van der Waals surface area contributed by atoms with E-state index in [-0.39, 0.29) is 0 Å². The number of rotatable bonds is 4. The van der Waals surface area contributed by atoms with Crippen LogP contribution in [0.4, 0.5) is 0 Å². The largest absolute Gasteiger partial charge is 0.309 e. The number of benzene rings is 1. The Bertz CT molecular complexity index is 361. The summed E-state index contributed by atoms with van der Waals surface area (Å²) in [5.74, 6) is 0. The SMILES string of the molecule is C=CCNCc1ccc(C#N)cc1C. The molecule has 0 spiro atoms. The van der Waals surface area contributed by atoms with Crippen LogP contribution in [0, 0.1) is 18.3 Å². The summed E-state index contributed by atoms with van der Waals surface area (Å²) in [6.45, 7) is 7.28. The minimum atomic E-state index is 0.718. The van der Waals surface area contributed by atoms with Crippen molar-refractivity contribution in [2.75, 3.05) is 6.54 Å². The zero-order chi connectivity index (χ0) is 10.4. The van der Waals surface area contributed by atoms with Crippen LogP contribution in [-0.2, 0) is 6.54 Å². The highest BCUT2D eigenvalue weighted by molar-refractivity contribution is 5.37. The Balaban J connectivity index is 2.70. The molecule has 72 valence electrons. The maximum Gasteiger partial charge on any atom is 0.0991 e. The molecule has 0 fully saturated rings. The van der Waals surface area contributed by atoms with Crippen LogP contribution in [0.15, 0.2) is 30.9 Å². The van der Waals surface area contributed by atoms with E-state index in [2.05, 4.69) is 18.0 Å². The summed E-state index contributed by atoms with van der Waals surface area (Å²) in [7, 11) is 0. The minimum Gasteiger partial charge on any atom is -0.309 e. The van der Waals surface area contributed by atoms with Crippen LogP contribution in [-0.4, -0.2) is 6.54 Å². The molecule has 2 nitrogen and oxygen atoms in total. The summed E-state index contributed by atoms with van der Waals surface area (Å²) in [5.41, 5.74) is 3.10. The van der Waals surface area contributed by atoms with Crippen LogP contribution >= 0.6 is 0 Å². The summed E-state index contributed by atoms with van der Waals surface area (Å²) >= 11 is 0. The molecule has 0 saturated carbocycles. The van der Waals surface area contributed by atoms with Gasteiger partial charge in [-0.3, -0.25) is 0 Å². The Morgan fingerprint density at radius 3 is 2.93 bits per heavy atom. The highest BCUT2D eigenvalue weighted by atomic mass is 14.8. The van der Waals surface area contributed by atoms with Crippen molar-refractivity contribution in [3.05, 3.63) is 47.5 Å². The Kier molecular flexibility index (Phi) is 3.90. The summed E-state index contributed by atoms with van der Waals surface area (Å²) in [6, 6.07) is 7.87. The van der Waals surface area contributed by atoms with Gasteiger partial charge < -0.3 is 5.32 Å². The molecule has 1 aromatic rings. The van der Waals surface area contributed by atoms with Gasteiger partial charge in [0.05, 0.1) is 11.6 Å². The Hall–Kier alpha value is -1.59. The Morgan fingerprint density at radius 2 is 2.36 bits per heavy atom. The van der Waals surface area contributed by atoms with Crippen LogP contribution in [0.25, 0.3) is 0 Å². The predicted molar refractivity (Wildman–Crippen MR) is 57.8 cm³/mol. The number of nitrogens with one attached hydrogen (secondary N) is 1. The molecule has 1 N–H and O–H groups in total. The summed E-state index contributed by atoms with van der Waals surface area (Å²) < 4.78 is 0. The van der Waals surface area contributed by atoms with Gasteiger partial charge in [-0.15, -0.1) is 6.58 Å². The van der Waals surface area contributed by atoms with Crippen LogP contribution in [0.2, 0.25) is 0 Å². The quantitative estimate of drug-likeness (QED) is 0.577. The lowest BCUT2D eigenvalue weighted by molar-refractivity contribution is 0.756. The molecule has 0 amide bonds. The van der Waals surface area contributed by atoms with E-state index in [0.29, 0.717) is 0 Å². The van der Waals surface area contributed by atoms with Crippen molar-refractivity contribution in [2.24, 2.45) is 0 Å². The molecule has 0 bridgehead atoms. The van der Waals surface area contributed by atoms with E-state index in [9.17, 15) is 0 Å². The van der Waals surface area contributed by atoms with Crippen molar-refractivity contribution < 1.29 is 0 Å². The molecule has 0 aliphatic carbocycles. The first kappa shape index (κ1) is 10.5. The van der Waals surface area contributed by atoms with Crippen LogP contribution in [0.5, 0.6) is 0 Å². The molecule has 0 aliphatic heterocycles. The van der Waals surface area contributed by atoms with Crippen LogP contribution < -0.4 is 5.32 Å². The molecule has 0 heterocycles. The Morgan fingerprint density at radius 1 is 1.57 bits per heavy atom.